The van der Waals surface area contributed by atoms with Gasteiger partial charge in [0.25, 0.3) is 0 Å². The zero-order valence-corrected chi connectivity index (χ0v) is 33.4. The molecule has 0 aromatic heterocycles. The first-order chi connectivity index (χ1) is 18.9. The fourth-order valence-corrected chi connectivity index (χ4v) is 7.72. The standard InChI is InChI=1S/C21H25.C10H17Si.C8H8.2ClH.Zr/c1-20(2,3)16-9-7-14-11-15-8-10-17(21(4,5)6)13-19(15)18(14)12-16;1-8-6-9(2)10(7-8)11(3,4)5;1-7-3-5-8(2)6-4-7;;;/h7,9-10,12-13H,11H2,1-6H3;7-8H,1-5H3;1,3-6H,2H3;2*1H;/q2*-1;;;;+2/p-2. The van der Waals surface area contributed by atoms with Crippen molar-refractivity contribution < 1.29 is 49.0 Å². The van der Waals surface area contributed by atoms with Gasteiger partial charge in [0.05, 0.1) is 0 Å². The number of hydrogen-bond donors (Lipinski definition) is 0. The Labute approximate surface area is 292 Å². The van der Waals surface area contributed by atoms with Gasteiger partial charge in [0.2, 0.25) is 0 Å². The Hall–Kier alpha value is -1.31. The first kappa shape index (κ1) is 39.7. The molecule has 1 unspecified atom stereocenters. The quantitative estimate of drug-likeness (QED) is 0.212. The molecule has 43 heavy (non-hydrogen) atoms. The van der Waals surface area contributed by atoms with Crippen LogP contribution in [0.3, 0.4) is 0 Å². The van der Waals surface area contributed by atoms with Gasteiger partial charge in [-0.25, -0.2) is 10.8 Å². The number of aryl methyl sites for hydroxylation is 1. The van der Waals surface area contributed by atoms with Gasteiger partial charge in [-0.15, -0.1) is 5.56 Å². The van der Waals surface area contributed by atoms with Crippen LogP contribution in [-0.2, 0) is 41.5 Å². The van der Waals surface area contributed by atoms with E-state index in [1.165, 1.54) is 74.3 Å². The maximum atomic E-state index is 3.53. The number of fused-ring (bicyclic) bond motifs is 3. The molecule has 0 fully saturated rings. The summed E-state index contributed by atoms with van der Waals surface area (Å²) < 4.78 is 2.19. The SMILES string of the molecule is CC(C)(C)c1c[c-]c2c(c1)-c1cc(C(C)(C)C)ccc1C2.CC1=[C-]C(C)C=C1[Si](C)(C)C.Cc1ccc([CH]=[Zr+2])cc1.[Cl-].[Cl-]. The van der Waals surface area contributed by atoms with Crippen LogP contribution in [0.25, 0.3) is 11.1 Å². The molecular formula is C39H50Cl2SiZr-2. The molecule has 2 aliphatic carbocycles. The van der Waals surface area contributed by atoms with Gasteiger partial charge in [0.15, 0.2) is 0 Å². The molecule has 0 aliphatic heterocycles. The molecular weight excluding hydrogens is 659 g/mol. The largest absolute Gasteiger partial charge is 1.00 e. The number of rotatable bonds is 2. The smallest absolute Gasteiger partial charge is 1.00 e. The van der Waals surface area contributed by atoms with Crippen molar-refractivity contribution in [1.82, 2.24) is 0 Å². The van der Waals surface area contributed by atoms with Gasteiger partial charge in [-0.3, -0.25) is 6.08 Å². The van der Waals surface area contributed by atoms with Crippen LogP contribution in [0.4, 0.5) is 0 Å². The third-order valence-corrected chi connectivity index (χ3v) is 10.8. The zero-order chi connectivity index (χ0) is 30.8. The first-order valence-electron chi connectivity index (χ1n) is 15.0. The van der Waals surface area contributed by atoms with Gasteiger partial charge in [-0.2, -0.15) is 35.4 Å². The van der Waals surface area contributed by atoms with Crippen molar-refractivity contribution in [1.29, 1.82) is 0 Å². The van der Waals surface area contributed by atoms with Crippen LogP contribution in [0.2, 0.25) is 19.6 Å². The van der Waals surface area contributed by atoms with E-state index in [4.69, 9.17) is 0 Å². The second-order valence-electron chi connectivity index (χ2n) is 14.8. The number of halogens is 2. The Morgan fingerprint density at radius 3 is 1.81 bits per heavy atom. The van der Waals surface area contributed by atoms with E-state index in [0.29, 0.717) is 5.92 Å². The molecule has 5 rings (SSSR count). The molecule has 230 valence electrons. The van der Waals surface area contributed by atoms with Gasteiger partial charge < -0.3 is 24.8 Å². The molecule has 1 atom stereocenters. The molecule has 0 amide bonds. The average molecular weight is 709 g/mol. The summed E-state index contributed by atoms with van der Waals surface area (Å²) >= 11 is 1.47. The predicted octanol–water partition coefficient (Wildman–Crippen LogP) is 4.54. The molecule has 0 bridgehead atoms. The predicted molar refractivity (Wildman–Crippen MR) is 180 cm³/mol. The topological polar surface area (TPSA) is 0 Å². The summed E-state index contributed by atoms with van der Waals surface area (Å²) in [5.74, 6) is 0.553. The molecule has 0 saturated heterocycles. The summed E-state index contributed by atoms with van der Waals surface area (Å²) in [7, 11) is -1.07. The minimum atomic E-state index is -1.07. The molecule has 0 saturated carbocycles. The Balaban J connectivity index is 0.000000356. The Morgan fingerprint density at radius 2 is 1.37 bits per heavy atom. The van der Waals surface area contributed by atoms with Crippen molar-refractivity contribution in [3.63, 3.8) is 0 Å². The molecule has 3 aromatic rings. The van der Waals surface area contributed by atoms with Crippen molar-refractivity contribution >= 4 is 11.8 Å². The van der Waals surface area contributed by atoms with Crippen LogP contribution >= 0.6 is 0 Å². The number of allylic oxidation sites excluding steroid dienone is 4. The van der Waals surface area contributed by atoms with Crippen LogP contribution in [0, 0.1) is 25.0 Å². The maximum absolute atomic E-state index is 3.53. The molecule has 0 nitrogen and oxygen atoms in total. The van der Waals surface area contributed by atoms with Crippen LogP contribution in [0.1, 0.15) is 88.8 Å². The number of hydrogen-bond acceptors (Lipinski definition) is 0. The fourth-order valence-electron chi connectivity index (χ4n) is 5.30. The third kappa shape index (κ3) is 10.9. The van der Waals surface area contributed by atoms with Crippen molar-refractivity contribution in [2.45, 2.75) is 99.2 Å². The molecule has 3 aromatic carbocycles. The van der Waals surface area contributed by atoms with Gasteiger partial charge in [-0.1, -0.05) is 116 Å². The van der Waals surface area contributed by atoms with E-state index in [-0.39, 0.29) is 35.6 Å². The third-order valence-electron chi connectivity index (χ3n) is 7.84. The second-order valence-corrected chi connectivity index (χ2v) is 20.5. The zero-order valence-electron chi connectivity index (χ0n) is 28.4. The minimum Gasteiger partial charge on any atom is -1.00 e. The summed E-state index contributed by atoms with van der Waals surface area (Å²) in [6.45, 7) is 27.3. The summed E-state index contributed by atoms with van der Waals surface area (Å²) in [6.07, 6.45) is 6.84. The Morgan fingerprint density at radius 1 is 0.814 bits per heavy atom. The fraction of sp³-hybridized carbons (Fsp3) is 0.410. The molecule has 0 spiro atoms. The summed E-state index contributed by atoms with van der Waals surface area (Å²) in [5, 5.41) is 1.60. The van der Waals surface area contributed by atoms with Gasteiger partial charge in [0.1, 0.15) is 0 Å². The summed E-state index contributed by atoms with van der Waals surface area (Å²) in [6, 6.07) is 23.6. The second kappa shape index (κ2) is 15.8. The normalized spacial score (nSPS) is 15.2. The molecule has 2 aliphatic rings. The van der Waals surface area contributed by atoms with E-state index in [1.54, 1.807) is 5.20 Å². The first-order valence-corrected chi connectivity index (χ1v) is 19.9. The van der Waals surface area contributed by atoms with Gasteiger partial charge >= 0.3 is 70.3 Å². The average Bonchev–Trinajstić information content (AvgIpc) is 3.42. The maximum Gasteiger partial charge on any atom is -1.00 e. The Bertz CT molecular complexity index is 1380. The van der Waals surface area contributed by atoms with E-state index in [9.17, 15) is 0 Å². The van der Waals surface area contributed by atoms with Gasteiger partial charge in [0, 0.05) is 0 Å². The molecule has 0 radical (unpaired) electrons. The van der Waals surface area contributed by atoms with Crippen molar-refractivity contribution in [3.8, 4) is 11.1 Å². The van der Waals surface area contributed by atoms with Crippen LogP contribution in [0.5, 0.6) is 0 Å². The molecule has 4 heteroatoms. The van der Waals surface area contributed by atoms with Gasteiger partial charge in [-0.05, 0) is 25.5 Å². The van der Waals surface area contributed by atoms with E-state index in [2.05, 4.69) is 158 Å². The van der Waals surface area contributed by atoms with Crippen LogP contribution in [-0.4, -0.2) is 11.8 Å². The molecule has 0 heterocycles. The van der Waals surface area contributed by atoms with E-state index in [1.807, 2.05) is 0 Å². The summed E-state index contributed by atoms with van der Waals surface area (Å²) in [4.78, 5) is 0. The Kier molecular flexibility index (Phi) is 14.6. The van der Waals surface area contributed by atoms with Crippen molar-refractivity contribution in [2.24, 2.45) is 5.92 Å². The summed E-state index contributed by atoms with van der Waals surface area (Å²) in [5.41, 5.74) is 12.8. The van der Waals surface area contributed by atoms with Crippen molar-refractivity contribution in [2.75, 3.05) is 0 Å². The van der Waals surface area contributed by atoms with E-state index in [0.717, 1.165) is 6.42 Å². The van der Waals surface area contributed by atoms with Crippen molar-refractivity contribution in [3.05, 3.63) is 117 Å². The minimum absolute atomic E-state index is 0. The van der Waals surface area contributed by atoms with Crippen LogP contribution in [0.15, 0.2) is 71.4 Å². The van der Waals surface area contributed by atoms with Crippen LogP contribution < -0.4 is 24.8 Å². The van der Waals surface area contributed by atoms with E-state index < -0.39 is 8.07 Å². The monoisotopic (exact) mass is 706 g/mol. The van der Waals surface area contributed by atoms with E-state index >= 15 is 0 Å². The number of benzene rings is 3. The molecule has 0 N–H and O–H groups in total.